The van der Waals surface area contributed by atoms with Crippen molar-refractivity contribution in [2.75, 3.05) is 25.6 Å². The molecular weight excluding hydrogens is 389 g/mol. The number of hydrogen-bond acceptors (Lipinski definition) is 4. The van der Waals surface area contributed by atoms with Gasteiger partial charge in [-0.15, -0.1) is 0 Å². The fourth-order valence-electron chi connectivity index (χ4n) is 2.38. The third kappa shape index (κ3) is 4.80. The summed E-state index contributed by atoms with van der Waals surface area (Å²) < 4.78 is 12.2. The molecule has 2 aromatic carbocycles. The quantitative estimate of drug-likeness (QED) is 0.589. The summed E-state index contributed by atoms with van der Waals surface area (Å²) in [6.45, 7) is 0.723. The Morgan fingerprint density at radius 2 is 2.00 bits per heavy atom. The highest BCUT2D eigenvalue weighted by Gasteiger charge is 2.15. The van der Waals surface area contributed by atoms with Crippen LogP contribution in [0.5, 0.6) is 5.75 Å². The fraction of sp³-hybridized carbons (Fsp3) is 0.158. The van der Waals surface area contributed by atoms with Crippen LogP contribution < -0.4 is 10.1 Å². The molecule has 0 fully saturated rings. The molecule has 27 heavy (non-hydrogen) atoms. The van der Waals surface area contributed by atoms with Crippen molar-refractivity contribution in [3.63, 3.8) is 0 Å². The van der Waals surface area contributed by atoms with Crippen LogP contribution in [0.25, 0.3) is 5.69 Å². The number of methoxy groups -OCH3 is 1. The van der Waals surface area contributed by atoms with Crippen molar-refractivity contribution in [1.82, 2.24) is 9.78 Å². The molecule has 140 valence electrons. The lowest BCUT2D eigenvalue weighted by Gasteiger charge is -2.13. The summed E-state index contributed by atoms with van der Waals surface area (Å²) >= 11 is 12.2. The van der Waals surface area contributed by atoms with E-state index in [1.807, 2.05) is 12.1 Å². The number of para-hydroxylation sites is 1. The zero-order chi connectivity index (χ0) is 19.2. The summed E-state index contributed by atoms with van der Waals surface area (Å²) in [6.07, 6.45) is 3.10. The van der Waals surface area contributed by atoms with Gasteiger partial charge in [0.2, 0.25) is 0 Å². The van der Waals surface area contributed by atoms with E-state index >= 15 is 0 Å². The van der Waals surface area contributed by atoms with E-state index in [9.17, 15) is 4.79 Å². The zero-order valence-corrected chi connectivity index (χ0v) is 16.0. The number of nitrogens with one attached hydrogen (secondary N) is 1. The largest absolute Gasteiger partial charge is 0.487 e. The second kappa shape index (κ2) is 8.90. The number of rotatable bonds is 7. The first-order valence-electron chi connectivity index (χ1n) is 8.10. The molecule has 3 rings (SSSR count). The molecular formula is C19H17Cl2N3O3. The number of nitrogens with zero attached hydrogens (tertiary/aromatic N) is 2. The summed E-state index contributed by atoms with van der Waals surface area (Å²) in [6, 6.07) is 12.3. The summed E-state index contributed by atoms with van der Waals surface area (Å²) in [4.78, 5) is 12.6. The minimum atomic E-state index is -0.331. The van der Waals surface area contributed by atoms with Crippen molar-refractivity contribution in [3.05, 3.63) is 70.5 Å². The average Bonchev–Trinajstić information content (AvgIpc) is 3.14. The van der Waals surface area contributed by atoms with Gasteiger partial charge in [0.15, 0.2) is 5.75 Å². The lowest BCUT2D eigenvalue weighted by atomic mass is 10.2. The number of aromatic nitrogens is 2. The van der Waals surface area contributed by atoms with E-state index in [1.54, 1.807) is 48.3 Å². The SMILES string of the molecule is COCCOc1c(Cl)cccc1NC(=O)c1cnn(-c2cccc(Cl)c2)c1. The molecule has 0 aliphatic carbocycles. The van der Waals surface area contributed by atoms with E-state index in [4.69, 9.17) is 32.7 Å². The first-order chi connectivity index (χ1) is 13.1. The number of anilines is 1. The maximum Gasteiger partial charge on any atom is 0.258 e. The molecule has 1 aromatic heterocycles. The van der Waals surface area contributed by atoms with Crippen LogP contribution >= 0.6 is 23.2 Å². The van der Waals surface area contributed by atoms with Gasteiger partial charge < -0.3 is 14.8 Å². The Morgan fingerprint density at radius 3 is 2.78 bits per heavy atom. The molecule has 0 radical (unpaired) electrons. The van der Waals surface area contributed by atoms with Gasteiger partial charge in [0.05, 0.1) is 34.8 Å². The van der Waals surface area contributed by atoms with E-state index in [2.05, 4.69) is 10.4 Å². The molecule has 0 spiro atoms. The number of amides is 1. The Labute approximate surface area is 166 Å². The number of ether oxygens (including phenoxy) is 2. The van der Waals surface area contributed by atoms with Gasteiger partial charge in [-0.2, -0.15) is 5.10 Å². The van der Waals surface area contributed by atoms with E-state index in [0.717, 1.165) is 5.69 Å². The predicted molar refractivity (Wildman–Crippen MR) is 105 cm³/mol. The molecule has 0 saturated carbocycles. The van der Waals surface area contributed by atoms with E-state index in [0.29, 0.717) is 40.3 Å². The molecule has 0 aliphatic rings. The van der Waals surface area contributed by atoms with Gasteiger partial charge in [-0.25, -0.2) is 4.68 Å². The number of carbonyl (C=O) groups excluding carboxylic acids is 1. The van der Waals surface area contributed by atoms with Crippen molar-refractivity contribution in [1.29, 1.82) is 0 Å². The highest BCUT2D eigenvalue weighted by molar-refractivity contribution is 6.32. The van der Waals surface area contributed by atoms with Crippen molar-refractivity contribution < 1.29 is 14.3 Å². The minimum absolute atomic E-state index is 0.315. The number of carbonyl (C=O) groups is 1. The third-order valence-corrected chi connectivity index (χ3v) is 4.20. The molecule has 8 heteroatoms. The maximum atomic E-state index is 12.6. The van der Waals surface area contributed by atoms with Crippen LogP contribution in [0.4, 0.5) is 5.69 Å². The standard InChI is InChI=1S/C19H17Cl2N3O3/c1-26-8-9-27-18-16(21)6-3-7-17(18)23-19(25)13-11-22-24(12-13)15-5-2-4-14(20)10-15/h2-7,10-12H,8-9H2,1H3,(H,23,25). The van der Waals surface area contributed by atoms with Crippen LogP contribution in [0.15, 0.2) is 54.9 Å². The van der Waals surface area contributed by atoms with Crippen molar-refractivity contribution in [2.24, 2.45) is 0 Å². The second-order valence-electron chi connectivity index (χ2n) is 5.57. The van der Waals surface area contributed by atoms with Crippen molar-refractivity contribution >= 4 is 34.8 Å². The molecule has 0 aliphatic heterocycles. The molecule has 0 saturated heterocycles. The third-order valence-electron chi connectivity index (χ3n) is 3.67. The molecule has 1 heterocycles. The summed E-state index contributed by atoms with van der Waals surface area (Å²) in [5.41, 5.74) is 1.62. The lowest BCUT2D eigenvalue weighted by Crippen LogP contribution is -2.13. The van der Waals surface area contributed by atoms with E-state index < -0.39 is 0 Å². The number of halogens is 2. The lowest BCUT2D eigenvalue weighted by molar-refractivity contribution is 0.102. The Bertz CT molecular complexity index is 943. The van der Waals surface area contributed by atoms with Gasteiger partial charge in [0.25, 0.3) is 5.91 Å². The molecule has 6 nitrogen and oxygen atoms in total. The molecule has 0 bridgehead atoms. The topological polar surface area (TPSA) is 65.4 Å². The zero-order valence-electron chi connectivity index (χ0n) is 14.5. The van der Waals surface area contributed by atoms with Crippen LogP contribution in [-0.2, 0) is 4.74 Å². The smallest absolute Gasteiger partial charge is 0.258 e. The predicted octanol–water partition coefficient (Wildman–Crippen LogP) is 4.46. The maximum absolute atomic E-state index is 12.6. The fourth-order valence-corrected chi connectivity index (χ4v) is 2.79. The molecule has 0 unspecified atom stereocenters. The van der Waals surface area contributed by atoms with Gasteiger partial charge in [-0.05, 0) is 30.3 Å². The van der Waals surface area contributed by atoms with Crippen LogP contribution in [0.2, 0.25) is 10.0 Å². The Kier molecular flexibility index (Phi) is 6.34. The summed E-state index contributed by atoms with van der Waals surface area (Å²) in [5.74, 6) is 0.0638. The first-order valence-corrected chi connectivity index (χ1v) is 8.86. The Hall–Kier alpha value is -2.54. The highest BCUT2D eigenvalue weighted by Crippen LogP contribution is 2.33. The number of benzene rings is 2. The van der Waals surface area contributed by atoms with Gasteiger partial charge in [0.1, 0.15) is 6.61 Å². The minimum Gasteiger partial charge on any atom is -0.487 e. The summed E-state index contributed by atoms with van der Waals surface area (Å²) in [7, 11) is 1.58. The van der Waals surface area contributed by atoms with Crippen LogP contribution in [0.1, 0.15) is 10.4 Å². The molecule has 1 N–H and O–H groups in total. The van der Waals surface area contributed by atoms with E-state index in [-0.39, 0.29) is 5.91 Å². The van der Waals surface area contributed by atoms with Crippen LogP contribution in [0.3, 0.4) is 0 Å². The first kappa shape index (κ1) is 19.2. The monoisotopic (exact) mass is 405 g/mol. The van der Waals surface area contributed by atoms with Gasteiger partial charge in [-0.3, -0.25) is 4.79 Å². The van der Waals surface area contributed by atoms with Gasteiger partial charge in [0, 0.05) is 18.3 Å². The van der Waals surface area contributed by atoms with Gasteiger partial charge >= 0.3 is 0 Å². The molecule has 3 aromatic rings. The Balaban J connectivity index is 1.77. The Morgan fingerprint density at radius 1 is 1.19 bits per heavy atom. The molecule has 1 amide bonds. The average molecular weight is 406 g/mol. The second-order valence-corrected chi connectivity index (χ2v) is 6.41. The van der Waals surface area contributed by atoms with Crippen molar-refractivity contribution in [2.45, 2.75) is 0 Å². The van der Waals surface area contributed by atoms with Gasteiger partial charge in [-0.1, -0.05) is 35.3 Å². The highest BCUT2D eigenvalue weighted by atomic mass is 35.5. The normalized spacial score (nSPS) is 10.6. The van der Waals surface area contributed by atoms with Crippen molar-refractivity contribution in [3.8, 4) is 11.4 Å². The summed E-state index contributed by atoms with van der Waals surface area (Å²) in [5, 5.41) is 8.01. The molecule has 0 atom stereocenters. The van der Waals surface area contributed by atoms with Crippen LogP contribution in [0, 0.1) is 0 Å². The van der Waals surface area contributed by atoms with Crippen LogP contribution in [-0.4, -0.2) is 36.0 Å². The van der Waals surface area contributed by atoms with E-state index in [1.165, 1.54) is 6.20 Å². The number of hydrogen-bond donors (Lipinski definition) is 1.